The molecule has 0 unspecified atom stereocenters. The predicted molar refractivity (Wildman–Crippen MR) is 101 cm³/mol. The van der Waals surface area contributed by atoms with Gasteiger partial charge in [0.25, 0.3) is 5.69 Å². The fourth-order valence-corrected chi connectivity index (χ4v) is 3.17. The molecule has 0 saturated carbocycles. The minimum Gasteiger partial charge on any atom is -0.491 e. The lowest BCUT2D eigenvalue weighted by Gasteiger charge is -2.28. The van der Waals surface area contributed by atoms with Crippen molar-refractivity contribution in [3.05, 3.63) is 58.6 Å². The van der Waals surface area contributed by atoms with Gasteiger partial charge in [0.15, 0.2) is 0 Å². The summed E-state index contributed by atoms with van der Waals surface area (Å²) in [6.07, 6.45) is 0.301. The molecule has 2 aromatic carbocycles. The second-order valence-electron chi connectivity index (χ2n) is 6.43. The van der Waals surface area contributed by atoms with E-state index in [-0.39, 0.29) is 12.3 Å². The second-order valence-corrected chi connectivity index (χ2v) is 6.43. The first-order valence-electron chi connectivity index (χ1n) is 8.65. The Bertz CT molecular complexity index is 768. The molecule has 0 bridgehead atoms. The molecule has 1 heterocycles. The first kappa shape index (κ1) is 18.0. The molecule has 0 fully saturated rings. The number of nitrogens with zero attached hydrogens (tertiary/aromatic N) is 3. The van der Waals surface area contributed by atoms with Gasteiger partial charge in [-0.25, -0.2) is 0 Å². The smallest absolute Gasteiger partial charge is 0.273 e. The van der Waals surface area contributed by atoms with E-state index in [4.69, 9.17) is 4.74 Å². The third kappa shape index (κ3) is 4.23. The maximum absolute atomic E-state index is 10.8. The normalized spacial score (nSPS) is 15.2. The third-order valence-corrected chi connectivity index (χ3v) is 4.46. The van der Waals surface area contributed by atoms with Crippen molar-refractivity contribution in [1.82, 2.24) is 0 Å². The van der Waals surface area contributed by atoms with Gasteiger partial charge in [-0.05, 0) is 24.6 Å². The summed E-state index contributed by atoms with van der Waals surface area (Å²) in [5, 5.41) is 21.2. The number of hydrogen-bond donors (Lipinski definition) is 1. The highest BCUT2D eigenvalue weighted by Gasteiger charge is 2.20. The van der Waals surface area contributed by atoms with Crippen LogP contribution in [0.5, 0.6) is 5.75 Å². The van der Waals surface area contributed by atoms with Crippen LogP contribution in [0.25, 0.3) is 0 Å². The van der Waals surface area contributed by atoms with Crippen LogP contribution in [0.2, 0.25) is 0 Å². The zero-order chi connectivity index (χ0) is 18.5. The Kier molecular flexibility index (Phi) is 5.58. The lowest BCUT2D eigenvalue weighted by molar-refractivity contribution is -0.384. The summed E-state index contributed by atoms with van der Waals surface area (Å²) in [4.78, 5) is 14.7. The molecule has 7 heteroatoms. The van der Waals surface area contributed by atoms with Crippen LogP contribution in [0.1, 0.15) is 6.42 Å². The number of ether oxygens (including phenoxy) is 1. The van der Waals surface area contributed by atoms with Crippen LogP contribution < -0.4 is 14.5 Å². The van der Waals surface area contributed by atoms with Crippen LogP contribution in [0.3, 0.4) is 0 Å². The Labute approximate surface area is 152 Å². The fraction of sp³-hybridized carbons (Fsp3) is 0.368. The molecule has 1 aliphatic heterocycles. The predicted octanol–water partition coefficient (Wildman–Crippen LogP) is 2.68. The number of hydrogen-bond acceptors (Lipinski definition) is 6. The van der Waals surface area contributed by atoms with E-state index in [9.17, 15) is 15.2 Å². The zero-order valence-electron chi connectivity index (χ0n) is 14.7. The number of benzene rings is 2. The van der Waals surface area contributed by atoms with Crippen LogP contribution in [-0.2, 0) is 0 Å². The number of β-amino-alcohol motifs (C(OH)–C–C–N with tert-alkyl or cyclic N) is 1. The molecule has 0 radical (unpaired) electrons. The number of fused-ring (bicyclic) bond motifs is 1. The SMILES string of the molecule is CN1CCCN(C[C@@H](O)COc2cccc([N+](=O)[O-])c2)c2ccccc21. The molecule has 138 valence electrons. The molecular weight excluding hydrogens is 334 g/mol. The fourth-order valence-electron chi connectivity index (χ4n) is 3.17. The minimum atomic E-state index is -0.703. The third-order valence-electron chi connectivity index (χ3n) is 4.46. The van der Waals surface area contributed by atoms with Crippen LogP contribution >= 0.6 is 0 Å². The van der Waals surface area contributed by atoms with Crippen molar-refractivity contribution in [2.24, 2.45) is 0 Å². The molecule has 0 aromatic heterocycles. The summed E-state index contributed by atoms with van der Waals surface area (Å²) in [7, 11) is 2.07. The van der Waals surface area contributed by atoms with Gasteiger partial charge in [0.1, 0.15) is 18.5 Å². The van der Waals surface area contributed by atoms with Crippen molar-refractivity contribution in [3.8, 4) is 5.75 Å². The Balaban J connectivity index is 1.63. The highest BCUT2D eigenvalue weighted by atomic mass is 16.6. The van der Waals surface area contributed by atoms with Crippen molar-refractivity contribution < 1.29 is 14.8 Å². The van der Waals surface area contributed by atoms with Crippen molar-refractivity contribution >= 4 is 17.1 Å². The topological polar surface area (TPSA) is 79.1 Å². The molecule has 0 amide bonds. The van der Waals surface area contributed by atoms with Crippen molar-refractivity contribution in [1.29, 1.82) is 0 Å². The van der Waals surface area contributed by atoms with Gasteiger partial charge in [0.05, 0.1) is 22.4 Å². The van der Waals surface area contributed by atoms with E-state index in [0.717, 1.165) is 30.9 Å². The van der Waals surface area contributed by atoms with Gasteiger partial charge in [-0.2, -0.15) is 0 Å². The summed E-state index contributed by atoms with van der Waals surface area (Å²) in [6.45, 7) is 2.35. The number of anilines is 2. The van der Waals surface area contributed by atoms with E-state index in [1.807, 2.05) is 12.1 Å². The Morgan fingerprint density at radius 2 is 1.96 bits per heavy atom. The van der Waals surface area contributed by atoms with E-state index >= 15 is 0 Å². The molecule has 26 heavy (non-hydrogen) atoms. The quantitative estimate of drug-likeness (QED) is 0.632. The maximum atomic E-state index is 10.8. The highest BCUT2D eigenvalue weighted by Crippen LogP contribution is 2.31. The molecule has 0 spiro atoms. The van der Waals surface area contributed by atoms with E-state index in [1.165, 1.54) is 12.1 Å². The molecule has 0 aliphatic carbocycles. The number of para-hydroxylation sites is 2. The van der Waals surface area contributed by atoms with Crippen LogP contribution in [0.4, 0.5) is 17.1 Å². The van der Waals surface area contributed by atoms with Gasteiger partial charge in [0, 0.05) is 32.7 Å². The lowest BCUT2D eigenvalue weighted by Crippen LogP contribution is -2.36. The molecular formula is C19H23N3O4. The minimum absolute atomic E-state index is 0.0264. The maximum Gasteiger partial charge on any atom is 0.273 e. The second kappa shape index (κ2) is 8.05. The standard InChI is InChI=1S/C19H23N3O4/c1-20-10-5-11-21(19-9-3-2-8-18(19)20)13-16(23)14-26-17-7-4-6-15(12-17)22(24)25/h2-4,6-9,12,16,23H,5,10-11,13-14H2,1H3/t16-/m1/s1. The Morgan fingerprint density at radius 1 is 1.19 bits per heavy atom. The van der Waals surface area contributed by atoms with Gasteiger partial charge < -0.3 is 19.6 Å². The van der Waals surface area contributed by atoms with Gasteiger partial charge in [-0.15, -0.1) is 0 Å². The average molecular weight is 357 g/mol. The van der Waals surface area contributed by atoms with Gasteiger partial charge in [-0.1, -0.05) is 18.2 Å². The highest BCUT2D eigenvalue weighted by molar-refractivity contribution is 5.71. The molecule has 1 aliphatic rings. The summed E-state index contributed by atoms with van der Waals surface area (Å²) in [6, 6.07) is 14.1. The van der Waals surface area contributed by atoms with Gasteiger partial charge in [0.2, 0.25) is 0 Å². The molecule has 7 nitrogen and oxygen atoms in total. The van der Waals surface area contributed by atoms with Gasteiger partial charge >= 0.3 is 0 Å². The van der Waals surface area contributed by atoms with E-state index in [1.54, 1.807) is 12.1 Å². The average Bonchev–Trinajstić information content (AvgIpc) is 2.80. The Hall–Kier alpha value is -2.80. The Morgan fingerprint density at radius 3 is 2.73 bits per heavy atom. The van der Waals surface area contributed by atoms with E-state index in [0.29, 0.717) is 12.3 Å². The zero-order valence-corrected chi connectivity index (χ0v) is 14.7. The number of nitro groups is 1. The van der Waals surface area contributed by atoms with E-state index < -0.39 is 11.0 Å². The van der Waals surface area contributed by atoms with Gasteiger partial charge in [-0.3, -0.25) is 10.1 Å². The molecule has 0 saturated heterocycles. The largest absolute Gasteiger partial charge is 0.491 e. The number of aliphatic hydroxyl groups is 1. The summed E-state index contributed by atoms with van der Waals surface area (Å²) in [5.74, 6) is 0.384. The van der Waals surface area contributed by atoms with Crippen molar-refractivity contribution in [3.63, 3.8) is 0 Å². The van der Waals surface area contributed by atoms with Crippen LogP contribution in [0.15, 0.2) is 48.5 Å². The van der Waals surface area contributed by atoms with Crippen LogP contribution in [-0.4, -0.2) is 49.4 Å². The summed E-state index contributed by atoms with van der Waals surface area (Å²) < 4.78 is 5.55. The lowest BCUT2D eigenvalue weighted by atomic mass is 10.2. The summed E-state index contributed by atoms with van der Waals surface area (Å²) in [5.41, 5.74) is 2.22. The van der Waals surface area contributed by atoms with Crippen molar-refractivity contribution in [2.75, 3.05) is 43.1 Å². The number of nitro benzene ring substituents is 1. The first-order chi connectivity index (χ1) is 12.5. The molecule has 2 aromatic rings. The monoisotopic (exact) mass is 357 g/mol. The van der Waals surface area contributed by atoms with E-state index in [2.05, 4.69) is 29.0 Å². The molecule has 1 N–H and O–H groups in total. The number of non-ortho nitro benzene ring substituents is 1. The molecule has 3 rings (SSSR count). The van der Waals surface area contributed by atoms with Crippen molar-refractivity contribution in [2.45, 2.75) is 12.5 Å². The first-order valence-corrected chi connectivity index (χ1v) is 8.65. The van der Waals surface area contributed by atoms with Crippen LogP contribution in [0, 0.1) is 10.1 Å². The summed E-state index contributed by atoms with van der Waals surface area (Å²) >= 11 is 0. The molecule has 1 atom stereocenters. The number of aliphatic hydroxyl groups excluding tert-OH is 1. The number of rotatable bonds is 6.